The lowest BCUT2D eigenvalue weighted by atomic mass is 9.75. The molecule has 1 aliphatic rings. The lowest BCUT2D eigenvalue weighted by Gasteiger charge is -2.26. The zero-order valence-electron chi connectivity index (χ0n) is 9.02. The van der Waals surface area contributed by atoms with Crippen molar-refractivity contribution >= 4 is 5.78 Å². The van der Waals surface area contributed by atoms with Crippen LogP contribution in [0.1, 0.15) is 49.1 Å². The van der Waals surface area contributed by atoms with Gasteiger partial charge >= 0.3 is 0 Å². The summed E-state index contributed by atoms with van der Waals surface area (Å²) in [7, 11) is 0. The van der Waals surface area contributed by atoms with Gasteiger partial charge in [-0.05, 0) is 12.5 Å². The summed E-state index contributed by atoms with van der Waals surface area (Å²) in [6, 6.07) is 1.92. The van der Waals surface area contributed by atoms with E-state index < -0.39 is 0 Å². The fraction of sp³-hybridized carbons (Fsp3) is 0.583. The highest BCUT2D eigenvalue weighted by molar-refractivity contribution is 6.01. The van der Waals surface area contributed by atoms with E-state index in [2.05, 4.69) is 0 Å². The Labute approximate surface area is 84.3 Å². The van der Waals surface area contributed by atoms with Gasteiger partial charge in [0.1, 0.15) is 11.5 Å². The lowest BCUT2D eigenvalue weighted by Crippen LogP contribution is -2.29. The minimum absolute atomic E-state index is 0.206. The third kappa shape index (κ3) is 1.29. The molecule has 0 bridgehead atoms. The predicted octanol–water partition coefficient (Wildman–Crippen LogP) is 3.00. The Balaban J connectivity index is 2.45. The summed E-state index contributed by atoms with van der Waals surface area (Å²) in [4.78, 5) is 12.0. The Morgan fingerprint density at radius 2 is 2.21 bits per heavy atom. The predicted molar refractivity (Wildman–Crippen MR) is 54.5 cm³/mol. The SMILES string of the molecule is CCc1cc2c(o1)CCC(C)(C)C2=O. The van der Waals surface area contributed by atoms with Gasteiger partial charge in [0, 0.05) is 18.3 Å². The lowest BCUT2D eigenvalue weighted by molar-refractivity contribution is 0.0804. The molecule has 0 radical (unpaired) electrons. The van der Waals surface area contributed by atoms with Gasteiger partial charge in [-0.25, -0.2) is 0 Å². The van der Waals surface area contributed by atoms with Crippen LogP contribution < -0.4 is 0 Å². The maximum Gasteiger partial charge on any atom is 0.171 e. The molecular formula is C12H16O2. The third-order valence-corrected chi connectivity index (χ3v) is 3.04. The van der Waals surface area contributed by atoms with Crippen molar-refractivity contribution in [2.75, 3.05) is 0 Å². The first-order valence-corrected chi connectivity index (χ1v) is 5.21. The standard InChI is InChI=1S/C12H16O2/c1-4-8-7-9-10(14-8)5-6-12(2,3)11(9)13/h7H,4-6H2,1-3H3. The number of hydrogen-bond acceptors (Lipinski definition) is 2. The zero-order valence-corrected chi connectivity index (χ0v) is 9.02. The molecule has 0 fully saturated rings. The summed E-state index contributed by atoms with van der Waals surface area (Å²) in [6.07, 6.45) is 2.66. The molecule has 1 heterocycles. The second kappa shape index (κ2) is 2.97. The number of hydrogen-bond donors (Lipinski definition) is 0. The van der Waals surface area contributed by atoms with E-state index in [0.717, 1.165) is 36.3 Å². The summed E-state index contributed by atoms with van der Waals surface area (Å²) in [6.45, 7) is 6.06. The molecule has 1 aromatic heterocycles. The Hall–Kier alpha value is -1.05. The molecule has 14 heavy (non-hydrogen) atoms. The fourth-order valence-corrected chi connectivity index (χ4v) is 1.94. The summed E-state index contributed by atoms with van der Waals surface area (Å²) in [5.41, 5.74) is 0.611. The average molecular weight is 192 g/mol. The monoisotopic (exact) mass is 192 g/mol. The van der Waals surface area contributed by atoms with Gasteiger partial charge in [-0.1, -0.05) is 20.8 Å². The molecule has 0 atom stereocenters. The Kier molecular flexibility index (Phi) is 2.02. The van der Waals surface area contributed by atoms with Crippen LogP contribution in [0.15, 0.2) is 10.5 Å². The Morgan fingerprint density at radius 3 is 2.86 bits per heavy atom. The number of carbonyl (C=O) groups excluding carboxylic acids is 1. The van der Waals surface area contributed by atoms with Crippen molar-refractivity contribution in [3.63, 3.8) is 0 Å². The maximum absolute atomic E-state index is 12.0. The number of aryl methyl sites for hydroxylation is 2. The summed E-state index contributed by atoms with van der Waals surface area (Å²) in [5, 5.41) is 0. The zero-order chi connectivity index (χ0) is 10.3. The Morgan fingerprint density at radius 1 is 1.50 bits per heavy atom. The molecule has 2 nitrogen and oxygen atoms in total. The molecule has 0 unspecified atom stereocenters. The highest BCUT2D eigenvalue weighted by Crippen LogP contribution is 2.36. The number of fused-ring (bicyclic) bond motifs is 1. The van der Waals surface area contributed by atoms with Crippen molar-refractivity contribution in [3.05, 3.63) is 23.2 Å². The van der Waals surface area contributed by atoms with Crippen molar-refractivity contribution in [1.82, 2.24) is 0 Å². The Bertz CT molecular complexity index is 372. The van der Waals surface area contributed by atoms with Gasteiger partial charge in [-0.2, -0.15) is 0 Å². The molecule has 76 valence electrons. The van der Waals surface area contributed by atoms with Crippen LogP contribution in [0.3, 0.4) is 0 Å². The largest absolute Gasteiger partial charge is 0.465 e. The van der Waals surface area contributed by atoms with Crippen LogP contribution in [0.25, 0.3) is 0 Å². The van der Waals surface area contributed by atoms with E-state index in [9.17, 15) is 4.79 Å². The highest BCUT2D eigenvalue weighted by Gasteiger charge is 2.36. The number of Topliss-reactive ketones (excluding diaryl/α,β-unsaturated/α-hetero) is 1. The van der Waals surface area contributed by atoms with Gasteiger partial charge < -0.3 is 4.42 Å². The third-order valence-electron chi connectivity index (χ3n) is 3.04. The van der Waals surface area contributed by atoms with E-state index in [-0.39, 0.29) is 11.2 Å². The summed E-state index contributed by atoms with van der Waals surface area (Å²) in [5.74, 6) is 2.06. The van der Waals surface area contributed by atoms with Crippen LogP contribution in [0.2, 0.25) is 0 Å². The number of furan rings is 1. The van der Waals surface area contributed by atoms with Crippen molar-refractivity contribution in [2.24, 2.45) is 5.41 Å². The molecule has 0 saturated carbocycles. The molecule has 2 heteroatoms. The summed E-state index contributed by atoms with van der Waals surface area (Å²) >= 11 is 0. The van der Waals surface area contributed by atoms with Gasteiger partial charge in [-0.15, -0.1) is 0 Å². The molecule has 0 saturated heterocycles. The van der Waals surface area contributed by atoms with E-state index in [0.29, 0.717) is 0 Å². The van der Waals surface area contributed by atoms with Gasteiger partial charge in [0.25, 0.3) is 0 Å². The van der Waals surface area contributed by atoms with Gasteiger partial charge in [0.15, 0.2) is 5.78 Å². The second-order valence-corrected chi connectivity index (χ2v) is 4.62. The van der Waals surface area contributed by atoms with Gasteiger partial charge in [-0.3, -0.25) is 4.79 Å². The molecule has 0 aliphatic heterocycles. The molecule has 0 aromatic carbocycles. The van der Waals surface area contributed by atoms with Crippen LogP contribution in [0.4, 0.5) is 0 Å². The number of carbonyl (C=O) groups is 1. The van der Waals surface area contributed by atoms with E-state index in [4.69, 9.17) is 4.42 Å². The topological polar surface area (TPSA) is 30.2 Å². The molecule has 0 N–H and O–H groups in total. The van der Waals surface area contributed by atoms with Crippen LogP contribution in [0.5, 0.6) is 0 Å². The molecule has 0 spiro atoms. The van der Waals surface area contributed by atoms with Crippen LogP contribution in [-0.4, -0.2) is 5.78 Å². The van der Waals surface area contributed by atoms with E-state index in [1.165, 1.54) is 0 Å². The smallest absolute Gasteiger partial charge is 0.171 e. The van der Waals surface area contributed by atoms with Crippen molar-refractivity contribution in [2.45, 2.75) is 40.0 Å². The van der Waals surface area contributed by atoms with Crippen LogP contribution in [-0.2, 0) is 12.8 Å². The molecular weight excluding hydrogens is 176 g/mol. The first-order valence-electron chi connectivity index (χ1n) is 5.21. The van der Waals surface area contributed by atoms with E-state index >= 15 is 0 Å². The average Bonchev–Trinajstić information content (AvgIpc) is 2.55. The second-order valence-electron chi connectivity index (χ2n) is 4.62. The van der Waals surface area contributed by atoms with E-state index in [1.807, 2.05) is 26.8 Å². The van der Waals surface area contributed by atoms with Gasteiger partial charge in [0.2, 0.25) is 0 Å². The highest BCUT2D eigenvalue weighted by atomic mass is 16.3. The first kappa shape index (κ1) is 9.50. The van der Waals surface area contributed by atoms with Crippen molar-refractivity contribution in [1.29, 1.82) is 0 Å². The van der Waals surface area contributed by atoms with Crippen LogP contribution in [0, 0.1) is 5.41 Å². The minimum Gasteiger partial charge on any atom is -0.465 e. The molecule has 2 rings (SSSR count). The van der Waals surface area contributed by atoms with Crippen molar-refractivity contribution < 1.29 is 9.21 Å². The quantitative estimate of drug-likeness (QED) is 0.684. The number of rotatable bonds is 1. The van der Waals surface area contributed by atoms with Crippen LogP contribution >= 0.6 is 0 Å². The summed E-state index contributed by atoms with van der Waals surface area (Å²) < 4.78 is 5.60. The van der Waals surface area contributed by atoms with Crippen molar-refractivity contribution in [3.8, 4) is 0 Å². The number of ketones is 1. The normalized spacial score (nSPS) is 19.5. The minimum atomic E-state index is -0.206. The molecule has 0 amide bonds. The maximum atomic E-state index is 12.0. The molecule has 1 aromatic rings. The first-order chi connectivity index (χ1) is 6.54. The molecule has 1 aliphatic carbocycles. The fourth-order valence-electron chi connectivity index (χ4n) is 1.94. The van der Waals surface area contributed by atoms with E-state index in [1.54, 1.807) is 0 Å². The van der Waals surface area contributed by atoms with Gasteiger partial charge in [0.05, 0.1) is 5.56 Å².